The third kappa shape index (κ3) is 3.73. The summed E-state index contributed by atoms with van der Waals surface area (Å²) in [6.45, 7) is 7.64. The molecule has 1 saturated carbocycles. The molecule has 2 fully saturated rings. The predicted octanol–water partition coefficient (Wildman–Crippen LogP) is 4.14. The highest BCUT2D eigenvalue weighted by molar-refractivity contribution is 5.95. The Labute approximate surface area is 196 Å². The number of hydrogen-bond donors (Lipinski definition) is 0. The van der Waals surface area contributed by atoms with E-state index in [-0.39, 0.29) is 17.7 Å². The third-order valence-corrected chi connectivity index (χ3v) is 7.97. The number of hydrogen-bond acceptors (Lipinski definition) is 4. The van der Waals surface area contributed by atoms with E-state index in [4.69, 9.17) is 9.97 Å². The van der Waals surface area contributed by atoms with E-state index in [1.807, 2.05) is 6.92 Å². The number of aromatic nitrogens is 2. The summed E-state index contributed by atoms with van der Waals surface area (Å²) in [7, 11) is 1.80. The molecule has 0 radical (unpaired) electrons. The molecule has 33 heavy (non-hydrogen) atoms. The summed E-state index contributed by atoms with van der Waals surface area (Å²) in [6, 6.07) is 6.61. The zero-order valence-corrected chi connectivity index (χ0v) is 20.3. The molecule has 2 amide bonds. The number of anilines is 1. The first-order valence-corrected chi connectivity index (χ1v) is 12.3. The Balaban J connectivity index is 1.41. The molecule has 174 valence electrons. The molecule has 2 aromatic rings. The Morgan fingerprint density at radius 3 is 2.42 bits per heavy atom. The van der Waals surface area contributed by atoms with Crippen molar-refractivity contribution >= 4 is 17.6 Å². The van der Waals surface area contributed by atoms with Gasteiger partial charge < -0.3 is 4.90 Å². The lowest BCUT2D eigenvalue weighted by molar-refractivity contribution is -0.136. The van der Waals surface area contributed by atoms with Crippen molar-refractivity contribution in [3.05, 3.63) is 52.0 Å². The maximum Gasteiger partial charge on any atom is 0.233 e. The van der Waals surface area contributed by atoms with Crippen LogP contribution in [0.25, 0.3) is 0 Å². The fourth-order valence-electron chi connectivity index (χ4n) is 6.19. The number of rotatable bonds is 3. The highest BCUT2D eigenvalue weighted by Crippen LogP contribution is 2.44. The lowest BCUT2D eigenvalue weighted by Crippen LogP contribution is -2.44. The van der Waals surface area contributed by atoms with Gasteiger partial charge in [-0.3, -0.25) is 14.5 Å². The fraction of sp³-hybridized carbons (Fsp3) is 0.556. The molecule has 1 atom stereocenters. The average Bonchev–Trinajstić information content (AvgIpc) is 3.46. The van der Waals surface area contributed by atoms with Crippen molar-refractivity contribution in [2.24, 2.45) is 0 Å². The van der Waals surface area contributed by atoms with Crippen LogP contribution in [-0.4, -0.2) is 46.8 Å². The number of carbonyl (C=O) groups excluding carboxylic acids is 2. The summed E-state index contributed by atoms with van der Waals surface area (Å²) in [4.78, 5) is 39.6. The summed E-state index contributed by atoms with van der Waals surface area (Å²) in [5.41, 5.74) is 5.27. The van der Waals surface area contributed by atoms with Crippen LogP contribution in [0.3, 0.4) is 0 Å². The normalized spacial score (nSPS) is 22.1. The lowest BCUT2D eigenvalue weighted by atomic mass is 9.76. The van der Waals surface area contributed by atoms with Gasteiger partial charge in [0, 0.05) is 43.7 Å². The standard InChI is InChI=1S/C27H34N4O2/c1-17-13-18(2)15-21(14-17)27(10-5-6-11-27)26(33)31-12-9-20(16-31)24-28-19(3)22-7-8-23(32)30(4)25(22)29-24/h13-15,20H,5-12,16H2,1-4H3/t20-/m0/s1. The van der Waals surface area contributed by atoms with Gasteiger partial charge in [-0.2, -0.15) is 0 Å². The van der Waals surface area contributed by atoms with Crippen LogP contribution in [0.5, 0.6) is 0 Å². The van der Waals surface area contributed by atoms with Crippen LogP contribution in [0.2, 0.25) is 0 Å². The quantitative estimate of drug-likeness (QED) is 0.711. The molecule has 3 heterocycles. The Kier molecular flexibility index (Phi) is 5.50. The van der Waals surface area contributed by atoms with Gasteiger partial charge in [0.05, 0.1) is 5.41 Å². The Morgan fingerprint density at radius 1 is 1.03 bits per heavy atom. The van der Waals surface area contributed by atoms with Gasteiger partial charge in [0.1, 0.15) is 11.6 Å². The summed E-state index contributed by atoms with van der Waals surface area (Å²) in [5.74, 6) is 2.01. The smallest absolute Gasteiger partial charge is 0.233 e. The molecule has 0 spiro atoms. The number of carbonyl (C=O) groups is 2. The van der Waals surface area contributed by atoms with Crippen molar-refractivity contribution in [1.82, 2.24) is 14.9 Å². The summed E-state index contributed by atoms with van der Waals surface area (Å²) >= 11 is 0. The second kappa shape index (κ2) is 8.23. The Bertz CT molecular complexity index is 1100. The maximum atomic E-state index is 14.0. The van der Waals surface area contributed by atoms with Crippen molar-refractivity contribution in [2.75, 3.05) is 25.0 Å². The van der Waals surface area contributed by atoms with E-state index < -0.39 is 5.41 Å². The first-order valence-electron chi connectivity index (χ1n) is 12.3. The lowest BCUT2D eigenvalue weighted by Gasteiger charge is -2.33. The highest BCUT2D eigenvalue weighted by atomic mass is 16.2. The molecular formula is C27H34N4O2. The van der Waals surface area contributed by atoms with Crippen molar-refractivity contribution in [3.63, 3.8) is 0 Å². The van der Waals surface area contributed by atoms with Crippen LogP contribution in [0.1, 0.15) is 78.2 Å². The number of nitrogens with zero attached hydrogens (tertiary/aromatic N) is 4. The summed E-state index contributed by atoms with van der Waals surface area (Å²) < 4.78 is 0. The number of fused-ring (bicyclic) bond motifs is 1. The van der Waals surface area contributed by atoms with Crippen LogP contribution >= 0.6 is 0 Å². The zero-order chi connectivity index (χ0) is 23.3. The van der Waals surface area contributed by atoms with E-state index in [0.717, 1.165) is 61.5 Å². The topological polar surface area (TPSA) is 66.4 Å². The number of aryl methyl sites for hydroxylation is 3. The minimum Gasteiger partial charge on any atom is -0.341 e. The van der Waals surface area contributed by atoms with E-state index in [1.54, 1.807) is 11.9 Å². The molecule has 1 aromatic carbocycles. The Hall–Kier alpha value is -2.76. The van der Waals surface area contributed by atoms with E-state index in [1.165, 1.54) is 16.7 Å². The molecule has 1 aromatic heterocycles. The van der Waals surface area contributed by atoms with E-state index in [9.17, 15) is 9.59 Å². The maximum absolute atomic E-state index is 14.0. The van der Waals surface area contributed by atoms with E-state index in [2.05, 4.69) is 36.9 Å². The number of likely N-dealkylation sites (tertiary alicyclic amines) is 1. The molecule has 2 aliphatic heterocycles. The van der Waals surface area contributed by atoms with Crippen molar-refractivity contribution in [3.8, 4) is 0 Å². The van der Waals surface area contributed by atoms with Crippen LogP contribution < -0.4 is 4.90 Å². The van der Waals surface area contributed by atoms with Gasteiger partial charge >= 0.3 is 0 Å². The number of amides is 2. The minimum atomic E-state index is -0.398. The average molecular weight is 447 g/mol. The second-order valence-corrected chi connectivity index (χ2v) is 10.3. The van der Waals surface area contributed by atoms with Gasteiger partial charge in [0.2, 0.25) is 11.8 Å². The second-order valence-electron chi connectivity index (χ2n) is 10.3. The van der Waals surface area contributed by atoms with Crippen molar-refractivity contribution in [1.29, 1.82) is 0 Å². The fourth-order valence-corrected chi connectivity index (χ4v) is 6.19. The SMILES string of the molecule is Cc1cc(C)cc(C2(C(=O)N3CC[C@H](c4nc(C)c5c(n4)N(C)C(=O)CC5)C3)CCCC2)c1. The van der Waals surface area contributed by atoms with Gasteiger partial charge in [0.25, 0.3) is 0 Å². The first kappa shape index (κ1) is 22.1. The van der Waals surface area contributed by atoms with Gasteiger partial charge in [-0.1, -0.05) is 42.2 Å². The minimum absolute atomic E-state index is 0.103. The molecule has 6 heteroatoms. The van der Waals surface area contributed by atoms with Crippen molar-refractivity contribution in [2.45, 2.75) is 77.0 Å². The molecule has 6 nitrogen and oxygen atoms in total. The van der Waals surface area contributed by atoms with Gasteiger partial charge in [-0.05, 0) is 52.0 Å². The largest absolute Gasteiger partial charge is 0.341 e. The van der Waals surface area contributed by atoms with E-state index in [0.29, 0.717) is 19.4 Å². The molecule has 0 unspecified atom stereocenters. The van der Waals surface area contributed by atoms with Gasteiger partial charge in [-0.15, -0.1) is 0 Å². The Morgan fingerprint density at radius 2 is 1.73 bits per heavy atom. The predicted molar refractivity (Wildman–Crippen MR) is 129 cm³/mol. The molecule has 5 rings (SSSR count). The molecular weight excluding hydrogens is 412 g/mol. The van der Waals surface area contributed by atoms with Crippen LogP contribution in [-0.2, 0) is 21.4 Å². The molecule has 0 N–H and O–H groups in total. The zero-order valence-electron chi connectivity index (χ0n) is 20.3. The summed E-state index contributed by atoms with van der Waals surface area (Å²) in [5, 5.41) is 0. The van der Waals surface area contributed by atoms with Crippen LogP contribution in [0.4, 0.5) is 5.82 Å². The van der Waals surface area contributed by atoms with E-state index >= 15 is 0 Å². The highest BCUT2D eigenvalue weighted by Gasteiger charge is 2.46. The van der Waals surface area contributed by atoms with Gasteiger partial charge in [0.15, 0.2) is 0 Å². The van der Waals surface area contributed by atoms with Crippen LogP contribution in [0.15, 0.2) is 18.2 Å². The monoisotopic (exact) mass is 446 g/mol. The molecule has 1 aliphatic carbocycles. The third-order valence-electron chi connectivity index (χ3n) is 7.97. The number of benzene rings is 1. The molecule has 0 bridgehead atoms. The van der Waals surface area contributed by atoms with Crippen LogP contribution in [0, 0.1) is 20.8 Å². The molecule has 3 aliphatic rings. The van der Waals surface area contributed by atoms with Crippen molar-refractivity contribution < 1.29 is 9.59 Å². The summed E-state index contributed by atoms with van der Waals surface area (Å²) in [6.07, 6.45) is 6.14. The van der Waals surface area contributed by atoms with Gasteiger partial charge in [-0.25, -0.2) is 9.97 Å². The molecule has 1 saturated heterocycles. The first-order chi connectivity index (χ1) is 15.8.